The first-order valence-electron chi connectivity index (χ1n) is 11.4. The lowest BCUT2D eigenvalue weighted by Gasteiger charge is -2.27. The van der Waals surface area contributed by atoms with Gasteiger partial charge in [-0.1, -0.05) is 24.3 Å². The van der Waals surface area contributed by atoms with Gasteiger partial charge in [0.15, 0.2) is 11.6 Å². The van der Waals surface area contributed by atoms with Gasteiger partial charge in [0.1, 0.15) is 0 Å². The van der Waals surface area contributed by atoms with Crippen LogP contribution in [0.3, 0.4) is 0 Å². The average Bonchev–Trinajstić information content (AvgIpc) is 3.64. The van der Waals surface area contributed by atoms with Crippen LogP contribution >= 0.6 is 0 Å². The summed E-state index contributed by atoms with van der Waals surface area (Å²) in [6.45, 7) is 6.14. The number of ether oxygens (including phenoxy) is 1. The Morgan fingerprint density at radius 2 is 1.48 bits per heavy atom. The third kappa shape index (κ3) is 4.23. The second kappa shape index (κ2) is 8.81. The summed E-state index contributed by atoms with van der Waals surface area (Å²) in [6, 6.07) is 11.0. The van der Waals surface area contributed by atoms with Crippen molar-refractivity contribution in [3.8, 4) is 0 Å². The minimum atomic E-state index is -0.0732. The summed E-state index contributed by atoms with van der Waals surface area (Å²) in [5.74, 6) is 0.534. The zero-order valence-electron chi connectivity index (χ0n) is 17.8. The van der Waals surface area contributed by atoms with E-state index in [1.54, 1.807) is 12.1 Å². The van der Waals surface area contributed by atoms with E-state index in [9.17, 15) is 9.59 Å². The van der Waals surface area contributed by atoms with Crippen molar-refractivity contribution in [2.45, 2.75) is 19.3 Å². The molecular weight excluding hydrogens is 390 g/mol. The molecule has 2 aliphatic carbocycles. The van der Waals surface area contributed by atoms with Gasteiger partial charge in [0.25, 0.3) is 0 Å². The number of nitrogens with zero attached hydrogens (tertiary/aromatic N) is 1. The zero-order chi connectivity index (χ0) is 21.2. The van der Waals surface area contributed by atoms with E-state index in [1.807, 2.05) is 24.3 Å². The predicted octanol–water partition coefficient (Wildman–Crippen LogP) is 3.42. The third-order valence-corrected chi connectivity index (χ3v) is 6.42. The molecule has 3 aliphatic rings. The van der Waals surface area contributed by atoms with Gasteiger partial charge in [-0.15, -0.1) is 0 Å². The van der Waals surface area contributed by atoms with E-state index in [0.717, 1.165) is 63.7 Å². The largest absolute Gasteiger partial charge is 0.384 e. The minimum absolute atomic E-state index is 0.0690. The Morgan fingerprint density at radius 3 is 2.10 bits per heavy atom. The van der Waals surface area contributed by atoms with Crippen molar-refractivity contribution in [3.05, 3.63) is 58.7 Å². The lowest BCUT2D eigenvalue weighted by atomic mass is 9.82. The molecule has 2 aromatic carbocycles. The summed E-state index contributed by atoms with van der Waals surface area (Å²) >= 11 is 0. The SMILES string of the molecule is O=C1c2ccccc2C(=O)c2c(NCC3CC3)ccc(NCCCN3CCOCC3)c21. The van der Waals surface area contributed by atoms with Crippen molar-refractivity contribution in [2.24, 2.45) is 5.92 Å². The molecule has 1 saturated carbocycles. The standard InChI is InChI=1S/C25H29N3O3/c29-24-18-4-1-2-5-19(18)25(30)23-21(27-16-17-6-7-17)9-8-20(22(23)24)26-10-3-11-28-12-14-31-15-13-28/h1-2,4-5,8-9,17,26-27H,3,6-7,10-16H2. The summed E-state index contributed by atoms with van der Waals surface area (Å²) < 4.78 is 5.41. The van der Waals surface area contributed by atoms with Crippen molar-refractivity contribution in [1.82, 2.24) is 4.90 Å². The van der Waals surface area contributed by atoms with Crippen LogP contribution in [0.2, 0.25) is 0 Å². The van der Waals surface area contributed by atoms with Crippen LogP contribution < -0.4 is 10.6 Å². The summed E-state index contributed by atoms with van der Waals surface area (Å²) in [5, 5.41) is 6.87. The molecule has 6 heteroatoms. The number of nitrogens with one attached hydrogen (secondary N) is 2. The summed E-state index contributed by atoms with van der Waals surface area (Å²) in [5.41, 5.74) is 3.54. The fraction of sp³-hybridized carbons (Fsp3) is 0.440. The molecule has 1 saturated heterocycles. The van der Waals surface area contributed by atoms with Gasteiger partial charge >= 0.3 is 0 Å². The molecule has 0 amide bonds. The van der Waals surface area contributed by atoms with Crippen molar-refractivity contribution < 1.29 is 14.3 Å². The van der Waals surface area contributed by atoms with Crippen LogP contribution in [0.4, 0.5) is 11.4 Å². The average molecular weight is 420 g/mol. The van der Waals surface area contributed by atoms with Crippen molar-refractivity contribution in [3.63, 3.8) is 0 Å². The van der Waals surface area contributed by atoms with E-state index in [4.69, 9.17) is 4.74 Å². The Hall–Kier alpha value is -2.70. The second-order valence-electron chi connectivity index (χ2n) is 8.67. The van der Waals surface area contributed by atoms with Gasteiger partial charge in [0, 0.05) is 48.7 Å². The summed E-state index contributed by atoms with van der Waals surface area (Å²) in [7, 11) is 0. The predicted molar refractivity (Wildman–Crippen MR) is 121 cm³/mol. The number of rotatable bonds is 8. The van der Waals surface area contributed by atoms with Crippen LogP contribution in [0.25, 0.3) is 0 Å². The number of carbonyl (C=O) groups excluding carboxylic acids is 2. The molecular formula is C25H29N3O3. The fourth-order valence-corrected chi connectivity index (χ4v) is 4.44. The molecule has 0 bridgehead atoms. The van der Waals surface area contributed by atoms with E-state index < -0.39 is 0 Å². The Bertz CT molecular complexity index is 994. The number of hydrogen-bond acceptors (Lipinski definition) is 6. The zero-order valence-corrected chi connectivity index (χ0v) is 17.8. The number of benzene rings is 2. The van der Waals surface area contributed by atoms with E-state index >= 15 is 0 Å². The highest BCUT2D eigenvalue weighted by molar-refractivity contribution is 6.31. The highest BCUT2D eigenvalue weighted by Gasteiger charge is 2.34. The first-order valence-corrected chi connectivity index (χ1v) is 11.4. The van der Waals surface area contributed by atoms with Crippen LogP contribution in [0.1, 0.15) is 51.1 Å². The van der Waals surface area contributed by atoms with Crippen molar-refractivity contribution in [1.29, 1.82) is 0 Å². The normalized spacial score (nSPS) is 18.5. The Morgan fingerprint density at radius 1 is 0.871 bits per heavy atom. The van der Waals surface area contributed by atoms with Gasteiger partial charge in [0.05, 0.1) is 24.3 Å². The maximum Gasteiger partial charge on any atom is 0.196 e. The van der Waals surface area contributed by atoms with Crippen molar-refractivity contribution >= 4 is 22.9 Å². The van der Waals surface area contributed by atoms with Gasteiger partial charge in [0.2, 0.25) is 0 Å². The molecule has 0 atom stereocenters. The molecule has 6 nitrogen and oxygen atoms in total. The number of morpholine rings is 1. The fourth-order valence-electron chi connectivity index (χ4n) is 4.44. The van der Waals surface area contributed by atoms with E-state index in [-0.39, 0.29) is 11.6 Å². The number of ketones is 2. The lowest BCUT2D eigenvalue weighted by molar-refractivity contribution is 0.0378. The quantitative estimate of drug-likeness (QED) is 0.545. The first-order chi connectivity index (χ1) is 15.2. The maximum absolute atomic E-state index is 13.4. The maximum atomic E-state index is 13.4. The van der Waals surface area contributed by atoms with E-state index in [1.165, 1.54) is 12.8 Å². The third-order valence-electron chi connectivity index (χ3n) is 6.42. The van der Waals surface area contributed by atoms with Crippen LogP contribution in [-0.2, 0) is 4.74 Å². The topological polar surface area (TPSA) is 70.7 Å². The van der Waals surface area contributed by atoms with Crippen LogP contribution in [0.15, 0.2) is 36.4 Å². The van der Waals surface area contributed by atoms with E-state index in [0.29, 0.717) is 28.2 Å². The molecule has 5 rings (SSSR count). The number of carbonyl (C=O) groups is 2. The van der Waals surface area contributed by atoms with Crippen LogP contribution in [0.5, 0.6) is 0 Å². The molecule has 0 aromatic heterocycles. The molecule has 1 aliphatic heterocycles. The molecule has 1 heterocycles. The highest BCUT2D eigenvalue weighted by Crippen LogP contribution is 2.37. The smallest absolute Gasteiger partial charge is 0.196 e. The number of hydrogen-bond donors (Lipinski definition) is 2. The molecule has 0 unspecified atom stereocenters. The first kappa shape index (κ1) is 20.2. The van der Waals surface area contributed by atoms with Crippen LogP contribution in [-0.4, -0.2) is 62.4 Å². The minimum Gasteiger partial charge on any atom is -0.384 e. The molecule has 2 fully saturated rings. The molecule has 2 aromatic rings. The summed E-state index contributed by atoms with van der Waals surface area (Å²) in [6.07, 6.45) is 3.43. The monoisotopic (exact) mass is 419 g/mol. The van der Waals surface area contributed by atoms with Gasteiger partial charge in [-0.25, -0.2) is 0 Å². The molecule has 0 spiro atoms. The van der Waals surface area contributed by atoms with Crippen molar-refractivity contribution in [2.75, 3.05) is 56.6 Å². The molecule has 0 radical (unpaired) electrons. The Labute approximate surface area is 183 Å². The van der Waals surface area contributed by atoms with Crippen LogP contribution in [0, 0.1) is 5.92 Å². The van der Waals surface area contributed by atoms with E-state index in [2.05, 4.69) is 15.5 Å². The Kier molecular flexibility index (Phi) is 5.74. The van der Waals surface area contributed by atoms with Gasteiger partial charge in [-0.3, -0.25) is 14.5 Å². The molecule has 31 heavy (non-hydrogen) atoms. The summed E-state index contributed by atoms with van der Waals surface area (Å²) in [4.78, 5) is 29.2. The number of anilines is 2. The molecule has 2 N–H and O–H groups in total. The lowest BCUT2D eigenvalue weighted by Crippen LogP contribution is -2.37. The van der Waals surface area contributed by atoms with Gasteiger partial charge < -0.3 is 15.4 Å². The highest BCUT2D eigenvalue weighted by atomic mass is 16.5. The molecule has 162 valence electrons. The van der Waals surface area contributed by atoms with Gasteiger partial charge in [-0.2, -0.15) is 0 Å². The number of fused-ring (bicyclic) bond motifs is 2. The van der Waals surface area contributed by atoms with Gasteiger partial charge in [-0.05, 0) is 43.9 Å². The Balaban J connectivity index is 1.38. The second-order valence-corrected chi connectivity index (χ2v) is 8.67.